The van der Waals surface area contributed by atoms with Crippen LogP contribution in [0.25, 0.3) is 0 Å². The van der Waals surface area contributed by atoms with Crippen LogP contribution in [0.15, 0.2) is 35.7 Å². The van der Waals surface area contributed by atoms with Crippen LogP contribution < -0.4 is 5.32 Å². The fraction of sp³-hybridized carbons (Fsp3) is 0.438. The summed E-state index contributed by atoms with van der Waals surface area (Å²) in [5.41, 5.74) is 2.59. The van der Waals surface area contributed by atoms with Crippen molar-refractivity contribution in [3.05, 3.63) is 52.0 Å². The minimum absolute atomic E-state index is 0.0323. The predicted octanol–water partition coefficient (Wildman–Crippen LogP) is 2.77. The van der Waals surface area contributed by atoms with Gasteiger partial charge in [0.1, 0.15) is 0 Å². The van der Waals surface area contributed by atoms with Gasteiger partial charge in [0.2, 0.25) is 0 Å². The highest BCUT2D eigenvalue weighted by Crippen LogP contribution is 2.25. The Balaban J connectivity index is 1.73. The highest BCUT2D eigenvalue weighted by Gasteiger charge is 2.32. The third-order valence-electron chi connectivity index (χ3n) is 3.95. The molecule has 1 atom stereocenters. The molecule has 106 valence electrons. The van der Waals surface area contributed by atoms with E-state index in [1.807, 2.05) is 0 Å². The van der Waals surface area contributed by atoms with Crippen molar-refractivity contribution in [2.75, 3.05) is 19.6 Å². The first-order chi connectivity index (χ1) is 9.66. The van der Waals surface area contributed by atoms with Crippen LogP contribution in [0.4, 0.5) is 0 Å². The van der Waals surface area contributed by atoms with Crippen LogP contribution in [0, 0.1) is 6.92 Å². The number of aromatic nitrogens is 1. The highest BCUT2D eigenvalue weighted by molar-refractivity contribution is 7.09. The van der Waals surface area contributed by atoms with Crippen molar-refractivity contribution in [2.24, 2.45) is 0 Å². The summed E-state index contributed by atoms with van der Waals surface area (Å²) in [6.45, 7) is 8.44. The number of nitrogens with one attached hydrogen (secondary N) is 1. The molecule has 1 aromatic heterocycles. The molecule has 1 unspecified atom stereocenters. The molecule has 0 aliphatic carbocycles. The standard InChI is InChI=1S/C16H21N3S/c1-13-18-15(11-20-13)10-19-9-8-17-16(2,12-19)14-6-4-3-5-7-14/h3-7,11,17H,8-10,12H2,1-2H3. The summed E-state index contributed by atoms with van der Waals surface area (Å²) in [6.07, 6.45) is 0. The normalized spacial score (nSPS) is 23.9. The maximum absolute atomic E-state index is 4.58. The zero-order valence-corrected chi connectivity index (χ0v) is 12.9. The summed E-state index contributed by atoms with van der Waals surface area (Å²) in [6, 6.07) is 10.7. The Labute approximate surface area is 124 Å². The molecular formula is C16H21N3S. The van der Waals surface area contributed by atoms with Crippen molar-refractivity contribution in [2.45, 2.75) is 25.9 Å². The van der Waals surface area contributed by atoms with Crippen molar-refractivity contribution in [1.82, 2.24) is 15.2 Å². The Kier molecular flexibility index (Phi) is 3.87. The molecule has 0 bridgehead atoms. The molecule has 1 aromatic carbocycles. The average Bonchev–Trinajstić information content (AvgIpc) is 2.85. The number of hydrogen-bond donors (Lipinski definition) is 1. The zero-order valence-electron chi connectivity index (χ0n) is 12.1. The van der Waals surface area contributed by atoms with Gasteiger partial charge in [-0.2, -0.15) is 0 Å². The summed E-state index contributed by atoms with van der Waals surface area (Å²) < 4.78 is 0. The van der Waals surface area contributed by atoms with Crippen LogP contribution in [0.5, 0.6) is 0 Å². The number of benzene rings is 1. The van der Waals surface area contributed by atoms with E-state index in [0.29, 0.717) is 0 Å². The maximum atomic E-state index is 4.58. The Morgan fingerprint density at radius 2 is 2.15 bits per heavy atom. The lowest BCUT2D eigenvalue weighted by Crippen LogP contribution is -2.56. The molecule has 0 radical (unpaired) electrons. The molecule has 1 saturated heterocycles. The third-order valence-corrected chi connectivity index (χ3v) is 4.77. The lowest BCUT2D eigenvalue weighted by atomic mass is 9.89. The fourth-order valence-electron chi connectivity index (χ4n) is 2.92. The Hall–Kier alpha value is -1.23. The monoisotopic (exact) mass is 287 g/mol. The SMILES string of the molecule is Cc1nc(CN2CCNC(C)(c3ccccc3)C2)cs1. The molecular weight excluding hydrogens is 266 g/mol. The molecule has 2 heterocycles. The van der Waals surface area contributed by atoms with Crippen molar-refractivity contribution >= 4 is 11.3 Å². The Morgan fingerprint density at radius 1 is 1.35 bits per heavy atom. The van der Waals surface area contributed by atoms with Crippen LogP contribution in [-0.4, -0.2) is 29.5 Å². The first-order valence-electron chi connectivity index (χ1n) is 7.10. The van der Waals surface area contributed by atoms with Crippen molar-refractivity contribution < 1.29 is 0 Å². The van der Waals surface area contributed by atoms with E-state index in [4.69, 9.17) is 0 Å². The van der Waals surface area contributed by atoms with Gasteiger partial charge in [0.25, 0.3) is 0 Å². The van der Waals surface area contributed by atoms with Gasteiger partial charge in [-0.05, 0) is 19.4 Å². The van der Waals surface area contributed by atoms with Crippen LogP contribution >= 0.6 is 11.3 Å². The molecule has 1 aliphatic rings. The van der Waals surface area contributed by atoms with Gasteiger partial charge < -0.3 is 5.32 Å². The highest BCUT2D eigenvalue weighted by atomic mass is 32.1. The minimum Gasteiger partial charge on any atom is -0.305 e. The van der Waals surface area contributed by atoms with Gasteiger partial charge in [0.05, 0.1) is 16.2 Å². The lowest BCUT2D eigenvalue weighted by molar-refractivity contribution is 0.135. The molecule has 1 fully saturated rings. The molecule has 3 rings (SSSR count). The number of hydrogen-bond acceptors (Lipinski definition) is 4. The second kappa shape index (κ2) is 5.64. The van der Waals surface area contributed by atoms with Crippen LogP contribution in [0.3, 0.4) is 0 Å². The predicted molar refractivity (Wildman–Crippen MR) is 83.9 cm³/mol. The van der Waals surface area contributed by atoms with Gasteiger partial charge in [0.15, 0.2) is 0 Å². The first kappa shape index (κ1) is 13.7. The number of rotatable bonds is 3. The molecule has 20 heavy (non-hydrogen) atoms. The van der Waals surface area contributed by atoms with Crippen LogP contribution in [0.1, 0.15) is 23.2 Å². The molecule has 1 aliphatic heterocycles. The molecule has 4 heteroatoms. The molecule has 2 aromatic rings. The number of piperazine rings is 1. The Bertz CT molecular complexity index is 566. The summed E-state index contributed by atoms with van der Waals surface area (Å²) in [7, 11) is 0. The van der Waals surface area contributed by atoms with Gasteiger partial charge in [0, 0.05) is 31.6 Å². The van der Waals surface area contributed by atoms with E-state index in [-0.39, 0.29) is 5.54 Å². The number of aryl methyl sites for hydroxylation is 1. The molecule has 3 nitrogen and oxygen atoms in total. The minimum atomic E-state index is 0.0323. The number of nitrogens with zero attached hydrogens (tertiary/aromatic N) is 2. The van der Waals surface area contributed by atoms with E-state index in [9.17, 15) is 0 Å². The second-order valence-corrected chi connectivity index (χ2v) is 6.76. The smallest absolute Gasteiger partial charge is 0.0897 e. The van der Waals surface area contributed by atoms with Gasteiger partial charge >= 0.3 is 0 Å². The quantitative estimate of drug-likeness (QED) is 0.941. The summed E-state index contributed by atoms with van der Waals surface area (Å²) in [5, 5.41) is 7.00. The summed E-state index contributed by atoms with van der Waals surface area (Å²) >= 11 is 1.74. The largest absolute Gasteiger partial charge is 0.305 e. The molecule has 0 spiro atoms. The topological polar surface area (TPSA) is 28.2 Å². The third kappa shape index (κ3) is 2.92. The van der Waals surface area contributed by atoms with Gasteiger partial charge in [-0.3, -0.25) is 4.90 Å². The van der Waals surface area contributed by atoms with Crippen molar-refractivity contribution in [1.29, 1.82) is 0 Å². The lowest BCUT2D eigenvalue weighted by Gasteiger charge is -2.41. The number of thiazole rings is 1. The first-order valence-corrected chi connectivity index (χ1v) is 7.98. The van der Waals surface area contributed by atoms with E-state index in [2.05, 4.69) is 64.8 Å². The molecule has 0 amide bonds. The van der Waals surface area contributed by atoms with Crippen LogP contribution in [0.2, 0.25) is 0 Å². The summed E-state index contributed by atoms with van der Waals surface area (Å²) in [5.74, 6) is 0. The second-order valence-electron chi connectivity index (χ2n) is 5.69. The fourth-order valence-corrected chi connectivity index (χ4v) is 3.52. The van der Waals surface area contributed by atoms with Gasteiger partial charge in [-0.25, -0.2) is 4.98 Å². The van der Waals surface area contributed by atoms with E-state index in [1.54, 1.807) is 11.3 Å². The van der Waals surface area contributed by atoms with E-state index in [1.165, 1.54) is 11.3 Å². The summed E-state index contributed by atoms with van der Waals surface area (Å²) in [4.78, 5) is 7.08. The van der Waals surface area contributed by atoms with E-state index in [0.717, 1.165) is 31.2 Å². The van der Waals surface area contributed by atoms with E-state index >= 15 is 0 Å². The van der Waals surface area contributed by atoms with Crippen molar-refractivity contribution in [3.8, 4) is 0 Å². The van der Waals surface area contributed by atoms with E-state index < -0.39 is 0 Å². The molecule has 1 N–H and O–H groups in total. The maximum Gasteiger partial charge on any atom is 0.0897 e. The van der Waals surface area contributed by atoms with Gasteiger partial charge in [-0.1, -0.05) is 30.3 Å². The van der Waals surface area contributed by atoms with Gasteiger partial charge in [-0.15, -0.1) is 11.3 Å². The zero-order chi connectivity index (χ0) is 14.0. The van der Waals surface area contributed by atoms with Crippen LogP contribution in [-0.2, 0) is 12.1 Å². The average molecular weight is 287 g/mol. The van der Waals surface area contributed by atoms with Crippen molar-refractivity contribution in [3.63, 3.8) is 0 Å². The Morgan fingerprint density at radius 3 is 2.85 bits per heavy atom. The molecule has 0 saturated carbocycles.